The van der Waals surface area contributed by atoms with Gasteiger partial charge < -0.3 is 40.5 Å². The quantitative estimate of drug-likeness (QED) is 0.223. The molecular formula is C39H56N6O10. The Bertz CT molecular complexity index is 1620. The molecule has 3 aliphatic rings. The van der Waals surface area contributed by atoms with E-state index in [9.17, 15) is 38.4 Å². The zero-order chi connectivity index (χ0) is 40.7. The minimum atomic E-state index is -1.39. The van der Waals surface area contributed by atoms with Crippen molar-refractivity contribution in [1.82, 2.24) is 31.1 Å². The number of nitrogens with zero attached hydrogens (tertiary/aromatic N) is 2. The van der Waals surface area contributed by atoms with Crippen LogP contribution >= 0.6 is 0 Å². The number of fused-ring (bicyclic) bond motifs is 3. The molecule has 6 amide bonds. The van der Waals surface area contributed by atoms with Gasteiger partial charge in [-0.05, 0) is 56.4 Å². The number of likely N-dealkylation sites (N-methyl/N-ethyl adjacent to an activating group) is 1. The molecule has 0 aromatic heterocycles. The summed E-state index contributed by atoms with van der Waals surface area (Å²) in [5.41, 5.74) is -0.673. The van der Waals surface area contributed by atoms with E-state index >= 15 is 0 Å². The lowest BCUT2D eigenvalue weighted by Crippen LogP contribution is -2.58. The summed E-state index contributed by atoms with van der Waals surface area (Å²) in [5.74, 6) is -5.52. The Kier molecular flexibility index (Phi) is 14.0. The molecule has 3 fully saturated rings. The highest BCUT2D eigenvalue weighted by Gasteiger charge is 2.69. The number of amides is 6. The van der Waals surface area contributed by atoms with Gasteiger partial charge in [-0.2, -0.15) is 0 Å². The summed E-state index contributed by atoms with van der Waals surface area (Å²) in [4.78, 5) is 109. The first-order valence-electron chi connectivity index (χ1n) is 18.9. The van der Waals surface area contributed by atoms with Crippen LogP contribution in [0, 0.1) is 17.3 Å². The van der Waals surface area contributed by atoms with Crippen LogP contribution in [0.1, 0.15) is 91.2 Å². The summed E-state index contributed by atoms with van der Waals surface area (Å²) < 4.78 is 10.7. The predicted octanol–water partition coefficient (Wildman–Crippen LogP) is 1.77. The number of esters is 1. The average Bonchev–Trinajstić information content (AvgIpc) is 3.41. The van der Waals surface area contributed by atoms with Crippen molar-refractivity contribution in [3.05, 3.63) is 35.9 Å². The smallest absolute Gasteiger partial charge is 0.408 e. The number of benzene rings is 1. The van der Waals surface area contributed by atoms with Crippen molar-refractivity contribution < 1.29 is 47.8 Å². The molecule has 0 radical (unpaired) electrons. The number of piperidine rings is 1. The maximum absolute atomic E-state index is 14.2. The molecule has 2 saturated heterocycles. The molecule has 4 N–H and O–H groups in total. The fourth-order valence-electron chi connectivity index (χ4n) is 7.39. The summed E-state index contributed by atoms with van der Waals surface area (Å²) in [6, 6.07) is 3.85. The second-order valence-corrected chi connectivity index (χ2v) is 16.3. The number of carbonyl (C=O) groups excluding carboxylic acids is 8. The lowest BCUT2D eigenvalue weighted by Gasteiger charge is -2.33. The van der Waals surface area contributed by atoms with Gasteiger partial charge in [0.25, 0.3) is 5.91 Å². The van der Waals surface area contributed by atoms with Gasteiger partial charge >= 0.3 is 12.1 Å². The van der Waals surface area contributed by atoms with Gasteiger partial charge in [-0.25, -0.2) is 4.79 Å². The van der Waals surface area contributed by atoms with E-state index in [1.165, 1.54) is 9.80 Å². The van der Waals surface area contributed by atoms with E-state index in [0.717, 1.165) is 6.42 Å². The number of rotatable bonds is 8. The van der Waals surface area contributed by atoms with Crippen molar-refractivity contribution in [1.29, 1.82) is 0 Å². The zero-order valence-electron chi connectivity index (χ0n) is 32.9. The van der Waals surface area contributed by atoms with Gasteiger partial charge in [-0.3, -0.25) is 33.6 Å². The van der Waals surface area contributed by atoms with Gasteiger partial charge in [0.15, 0.2) is 0 Å². The highest BCUT2D eigenvalue weighted by Crippen LogP contribution is 2.65. The number of alkyl carbamates (subject to hydrolysis) is 1. The third-order valence-electron chi connectivity index (χ3n) is 10.4. The summed E-state index contributed by atoms with van der Waals surface area (Å²) in [6.45, 7) is 8.60. The van der Waals surface area contributed by atoms with Gasteiger partial charge in [-0.15, -0.1) is 0 Å². The van der Waals surface area contributed by atoms with Crippen molar-refractivity contribution in [2.75, 3.05) is 33.8 Å². The standard InChI is InChI=1S/C39H56N6O10/c1-38(2,3)55-37(53)42-26-20-28(47)54-19-15-10-8-9-14-18-25(41-33(49)31-29-24(39(29,4)5)22-45(31)35(26)51)32(48)34(50)40-21-27(46)43-30(36(52)44(6)7)23-16-12-11-13-17-23/h11-13,16-17,24-26,29-31H,8-10,14-15,18-22H2,1-7H3,(H,40,50)(H,41,49)(H,42,53)(H,43,46)/t24-,25-,26-,29-,30-,31-/m0/s1. The van der Waals surface area contributed by atoms with Gasteiger partial charge in [0.1, 0.15) is 23.7 Å². The molecule has 2 heterocycles. The summed E-state index contributed by atoms with van der Waals surface area (Å²) in [6.07, 6.45) is 1.82. The molecule has 55 heavy (non-hydrogen) atoms. The lowest BCUT2D eigenvalue weighted by atomic mass is 9.98. The molecule has 0 spiro atoms. The fourth-order valence-corrected chi connectivity index (χ4v) is 7.39. The molecule has 16 nitrogen and oxygen atoms in total. The highest BCUT2D eigenvalue weighted by molar-refractivity contribution is 6.38. The second kappa shape index (κ2) is 18.1. The van der Waals surface area contributed by atoms with Crippen LogP contribution in [0.15, 0.2) is 30.3 Å². The van der Waals surface area contributed by atoms with E-state index in [0.29, 0.717) is 31.2 Å². The largest absolute Gasteiger partial charge is 0.466 e. The number of ether oxygens (including phenoxy) is 2. The van der Waals surface area contributed by atoms with Gasteiger partial charge in [-0.1, -0.05) is 69.9 Å². The fraction of sp³-hybridized carbons (Fsp3) is 0.641. The van der Waals surface area contributed by atoms with Crippen LogP contribution in [-0.2, 0) is 43.0 Å². The van der Waals surface area contributed by atoms with Crippen molar-refractivity contribution >= 4 is 47.4 Å². The molecule has 302 valence electrons. The molecule has 2 aliphatic heterocycles. The Balaban J connectivity index is 1.52. The van der Waals surface area contributed by atoms with Crippen LogP contribution in [0.3, 0.4) is 0 Å². The van der Waals surface area contributed by atoms with Crippen molar-refractivity contribution in [2.45, 2.75) is 109 Å². The van der Waals surface area contributed by atoms with Gasteiger partial charge in [0.2, 0.25) is 29.4 Å². The molecule has 0 bridgehead atoms. The Morgan fingerprint density at radius 2 is 1.65 bits per heavy atom. The summed E-state index contributed by atoms with van der Waals surface area (Å²) in [7, 11) is 3.10. The Hall–Kier alpha value is -5.02. The molecule has 1 aromatic carbocycles. The minimum absolute atomic E-state index is 0.0676. The number of hydrogen-bond donors (Lipinski definition) is 4. The molecule has 1 aliphatic carbocycles. The van der Waals surface area contributed by atoms with Gasteiger partial charge in [0.05, 0.1) is 25.6 Å². The molecule has 1 saturated carbocycles. The number of cyclic esters (lactones) is 1. The normalized spacial score (nSPS) is 25.0. The number of ketones is 1. The zero-order valence-corrected chi connectivity index (χ0v) is 32.9. The highest BCUT2D eigenvalue weighted by atomic mass is 16.6. The number of hydrogen-bond acceptors (Lipinski definition) is 10. The number of nitrogens with one attached hydrogen (secondary N) is 4. The summed E-state index contributed by atoms with van der Waals surface area (Å²) in [5, 5.41) is 10.2. The monoisotopic (exact) mass is 768 g/mol. The van der Waals surface area contributed by atoms with Crippen LogP contribution in [0.2, 0.25) is 0 Å². The molecule has 16 heteroatoms. The second-order valence-electron chi connectivity index (χ2n) is 16.3. The van der Waals surface area contributed by atoms with Crippen LogP contribution in [0.5, 0.6) is 0 Å². The molecule has 1 aromatic rings. The van der Waals surface area contributed by atoms with E-state index in [-0.39, 0.29) is 36.8 Å². The van der Waals surface area contributed by atoms with E-state index in [1.807, 2.05) is 13.8 Å². The Morgan fingerprint density at radius 3 is 2.31 bits per heavy atom. The average molecular weight is 769 g/mol. The minimum Gasteiger partial charge on any atom is -0.466 e. The lowest BCUT2D eigenvalue weighted by molar-refractivity contribution is -0.149. The van der Waals surface area contributed by atoms with Crippen LogP contribution in [0.25, 0.3) is 0 Å². The Labute approximate surface area is 322 Å². The number of Topliss-reactive ketones (excluding diaryl/α,β-unsaturated/α-hetero) is 1. The third kappa shape index (κ3) is 11.3. The first-order chi connectivity index (χ1) is 25.8. The first kappa shape index (κ1) is 42.7. The van der Waals surface area contributed by atoms with Crippen molar-refractivity contribution in [2.24, 2.45) is 17.3 Å². The Morgan fingerprint density at radius 1 is 1.00 bits per heavy atom. The molecule has 4 rings (SSSR count). The molecular weight excluding hydrogens is 712 g/mol. The third-order valence-corrected chi connectivity index (χ3v) is 10.4. The van der Waals surface area contributed by atoms with Gasteiger partial charge in [0, 0.05) is 20.6 Å². The van der Waals surface area contributed by atoms with E-state index in [1.54, 1.807) is 65.2 Å². The summed E-state index contributed by atoms with van der Waals surface area (Å²) >= 11 is 0. The van der Waals surface area contributed by atoms with Crippen molar-refractivity contribution in [3.8, 4) is 0 Å². The first-order valence-corrected chi connectivity index (χ1v) is 18.9. The number of carbonyl (C=O) groups is 8. The van der Waals surface area contributed by atoms with Crippen LogP contribution in [-0.4, -0.2) is 115 Å². The topological polar surface area (TPSA) is 210 Å². The molecule has 6 atom stereocenters. The SMILES string of the molecule is CN(C)C(=O)[C@@H](NC(=O)CNC(=O)C(=O)[C@@H]1CCCCCCCOC(=O)C[C@H](NC(=O)OC(C)(C)C)C(=O)N2C[C@H]3[C@@H]([C@H]2C(=O)N1)C3(C)C)c1ccccc1. The van der Waals surface area contributed by atoms with Crippen LogP contribution in [0.4, 0.5) is 4.79 Å². The van der Waals surface area contributed by atoms with Crippen molar-refractivity contribution in [3.63, 3.8) is 0 Å². The van der Waals surface area contributed by atoms with E-state index in [2.05, 4.69) is 21.3 Å². The predicted molar refractivity (Wildman–Crippen MR) is 199 cm³/mol. The maximum atomic E-state index is 14.2. The van der Waals surface area contributed by atoms with Crippen LogP contribution < -0.4 is 21.3 Å². The maximum Gasteiger partial charge on any atom is 0.408 e. The van der Waals surface area contributed by atoms with E-state index in [4.69, 9.17) is 9.47 Å². The molecule has 0 unspecified atom stereocenters. The van der Waals surface area contributed by atoms with E-state index < -0.39 is 90.1 Å².